The Kier molecular flexibility index (Phi) is 10.3. The van der Waals surface area contributed by atoms with E-state index in [1.165, 1.54) is 9.75 Å². The predicted octanol–water partition coefficient (Wildman–Crippen LogP) is 3.96. The number of hydrogen-bond acceptors (Lipinski definition) is 6. The fraction of sp³-hybridized carbons (Fsp3) is 0.600. The molecule has 2 unspecified atom stereocenters. The maximum atomic E-state index is 5.74. The lowest BCUT2D eigenvalue weighted by atomic mass is 10.1. The summed E-state index contributed by atoms with van der Waals surface area (Å²) < 4.78 is 5.74. The second-order valence-corrected chi connectivity index (χ2v) is 9.29. The van der Waals surface area contributed by atoms with Crippen molar-refractivity contribution < 1.29 is 4.74 Å². The van der Waals surface area contributed by atoms with Crippen LogP contribution in [0, 0.1) is 13.8 Å². The molecule has 29 heavy (non-hydrogen) atoms. The number of halogens is 1. The van der Waals surface area contributed by atoms with E-state index in [9.17, 15) is 0 Å². The number of thiophene rings is 1. The predicted molar refractivity (Wildman–Crippen MR) is 134 cm³/mol. The first-order chi connectivity index (χ1) is 13.6. The lowest BCUT2D eigenvalue weighted by Gasteiger charge is -2.37. The van der Waals surface area contributed by atoms with E-state index in [0.29, 0.717) is 12.6 Å². The van der Waals surface area contributed by atoms with Crippen molar-refractivity contribution in [1.82, 2.24) is 20.5 Å². The van der Waals surface area contributed by atoms with Crippen LogP contribution in [0.5, 0.6) is 0 Å². The van der Waals surface area contributed by atoms with Crippen molar-refractivity contribution in [2.45, 2.75) is 46.4 Å². The van der Waals surface area contributed by atoms with Crippen molar-refractivity contribution in [3.63, 3.8) is 0 Å². The Morgan fingerprint density at radius 3 is 2.86 bits per heavy atom. The monoisotopic (exact) mass is 549 g/mol. The Hall–Kier alpha value is -0.750. The number of aromatic nitrogens is 1. The zero-order chi connectivity index (χ0) is 19.9. The first-order valence-electron chi connectivity index (χ1n) is 9.91. The Balaban J connectivity index is 0.00000300. The van der Waals surface area contributed by atoms with Gasteiger partial charge >= 0.3 is 0 Å². The molecule has 0 amide bonds. The van der Waals surface area contributed by atoms with Crippen molar-refractivity contribution in [1.29, 1.82) is 0 Å². The minimum atomic E-state index is 0. The molecule has 0 spiro atoms. The van der Waals surface area contributed by atoms with E-state index in [1.807, 2.05) is 18.3 Å². The van der Waals surface area contributed by atoms with Crippen molar-refractivity contribution in [3.05, 3.63) is 38.0 Å². The quantitative estimate of drug-likeness (QED) is 0.311. The van der Waals surface area contributed by atoms with Gasteiger partial charge in [-0.2, -0.15) is 0 Å². The van der Waals surface area contributed by atoms with Gasteiger partial charge in [-0.1, -0.05) is 6.07 Å². The standard InChI is InChI=1S/C20H31N5OS2.HI/c1-5-21-20(23-12-19-15(3)24-16(4)28-19)22-11-17(18-7-6-10-27-18)25-8-9-26-14(2)13-25;/h6-7,10,14,17H,5,8-9,11-13H2,1-4H3,(H2,21,22,23);1H. The van der Waals surface area contributed by atoms with Crippen LogP contribution in [0.25, 0.3) is 0 Å². The summed E-state index contributed by atoms with van der Waals surface area (Å²) in [6.45, 7) is 13.4. The molecule has 0 aliphatic carbocycles. The van der Waals surface area contributed by atoms with Crippen molar-refractivity contribution in [3.8, 4) is 0 Å². The number of nitrogens with one attached hydrogen (secondary N) is 2. The average Bonchev–Trinajstić information content (AvgIpc) is 3.29. The second kappa shape index (κ2) is 12.2. The molecule has 2 aromatic rings. The van der Waals surface area contributed by atoms with Gasteiger partial charge in [-0.3, -0.25) is 4.90 Å². The summed E-state index contributed by atoms with van der Waals surface area (Å²) in [6, 6.07) is 4.68. The van der Waals surface area contributed by atoms with Gasteiger partial charge in [0, 0.05) is 35.9 Å². The smallest absolute Gasteiger partial charge is 0.191 e. The van der Waals surface area contributed by atoms with Gasteiger partial charge in [-0.25, -0.2) is 9.98 Å². The maximum absolute atomic E-state index is 5.74. The molecule has 2 aromatic heterocycles. The number of aliphatic imine (C=N–C) groups is 1. The van der Waals surface area contributed by atoms with E-state index in [4.69, 9.17) is 9.73 Å². The summed E-state index contributed by atoms with van der Waals surface area (Å²) in [7, 11) is 0. The number of nitrogens with zero attached hydrogens (tertiary/aromatic N) is 3. The van der Waals surface area contributed by atoms with Crippen LogP contribution < -0.4 is 10.6 Å². The topological polar surface area (TPSA) is 61.8 Å². The molecule has 1 saturated heterocycles. The summed E-state index contributed by atoms with van der Waals surface area (Å²) >= 11 is 3.54. The minimum Gasteiger partial charge on any atom is -0.376 e. The molecular formula is C20H32IN5OS2. The summed E-state index contributed by atoms with van der Waals surface area (Å²) in [5.74, 6) is 0.857. The van der Waals surface area contributed by atoms with E-state index in [1.54, 1.807) is 11.3 Å². The molecule has 6 nitrogen and oxygen atoms in total. The Labute approximate surface area is 199 Å². The number of morpholine rings is 1. The van der Waals surface area contributed by atoms with Gasteiger partial charge in [0.15, 0.2) is 5.96 Å². The van der Waals surface area contributed by atoms with Gasteiger partial charge in [0.1, 0.15) is 0 Å². The first-order valence-corrected chi connectivity index (χ1v) is 11.6. The highest BCUT2D eigenvalue weighted by Gasteiger charge is 2.26. The lowest BCUT2D eigenvalue weighted by Crippen LogP contribution is -2.48. The van der Waals surface area contributed by atoms with Crippen LogP contribution in [0.1, 0.15) is 40.3 Å². The van der Waals surface area contributed by atoms with Gasteiger partial charge in [0.25, 0.3) is 0 Å². The van der Waals surface area contributed by atoms with Crippen molar-refractivity contribution in [2.24, 2.45) is 4.99 Å². The fourth-order valence-electron chi connectivity index (χ4n) is 3.43. The molecule has 3 heterocycles. The fourth-order valence-corrected chi connectivity index (χ4v) is 5.15. The van der Waals surface area contributed by atoms with E-state index in [0.717, 1.165) is 49.4 Å². The van der Waals surface area contributed by atoms with Gasteiger partial charge in [-0.05, 0) is 39.1 Å². The molecule has 0 radical (unpaired) electrons. The van der Waals surface area contributed by atoms with E-state index >= 15 is 0 Å². The van der Waals surface area contributed by atoms with Gasteiger partial charge in [0.2, 0.25) is 0 Å². The largest absolute Gasteiger partial charge is 0.376 e. The van der Waals surface area contributed by atoms with Gasteiger partial charge in [-0.15, -0.1) is 46.7 Å². The normalized spacial score (nSPS) is 18.9. The Morgan fingerprint density at radius 2 is 2.24 bits per heavy atom. The lowest BCUT2D eigenvalue weighted by molar-refractivity contribution is -0.0334. The number of ether oxygens (including phenoxy) is 1. The summed E-state index contributed by atoms with van der Waals surface area (Å²) in [6.07, 6.45) is 0.274. The van der Waals surface area contributed by atoms with Crippen LogP contribution in [0.15, 0.2) is 22.5 Å². The third-order valence-corrected chi connectivity index (χ3v) is 6.80. The van der Waals surface area contributed by atoms with Gasteiger partial charge < -0.3 is 15.4 Å². The molecule has 9 heteroatoms. The molecule has 2 atom stereocenters. The summed E-state index contributed by atoms with van der Waals surface area (Å²) in [5, 5.41) is 10.2. The van der Waals surface area contributed by atoms with Crippen LogP contribution in [-0.4, -0.2) is 54.7 Å². The SMILES string of the molecule is CCNC(=NCc1sc(C)nc1C)NCC(c1cccs1)N1CCOC(C)C1.I. The van der Waals surface area contributed by atoms with Crippen LogP contribution in [-0.2, 0) is 11.3 Å². The van der Waals surface area contributed by atoms with Crippen molar-refractivity contribution in [2.75, 3.05) is 32.8 Å². The number of thiazole rings is 1. The van der Waals surface area contributed by atoms with Crippen LogP contribution >= 0.6 is 46.7 Å². The zero-order valence-corrected chi connectivity index (χ0v) is 21.6. The third kappa shape index (κ3) is 7.16. The highest BCUT2D eigenvalue weighted by Crippen LogP contribution is 2.26. The number of guanidine groups is 1. The molecule has 1 fully saturated rings. The molecule has 0 saturated carbocycles. The first kappa shape index (κ1) is 24.5. The molecule has 3 rings (SSSR count). The third-order valence-electron chi connectivity index (χ3n) is 4.77. The minimum absolute atomic E-state index is 0. The van der Waals surface area contributed by atoms with Crippen molar-refractivity contribution >= 4 is 52.6 Å². The van der Waals surface area contributed by atoms with E-state index < -0.39 is 0 Å². The maximum Gasteiger partial charge on any atom is 0.191 e. The average molecular weight is 550 g/mol. The number of aryl methyl sites for hydroxylation is 2. The number of rotatable bonds is 7. The summed E-state index contributed by atoms with van der Waals surface area (Å²) in [4.78, 5) is 14.4. The van der Waals surface area contributed by atoms with Crippen LogP contribution in [0.2, 0.25) is 0 Å². The molecular weight excluding hydrogens is 517 g/mol. The summed E-state index contributed by atoms with van der Waals surface area (Å²) in [5.41, 5.74) is 1.08. The second-order valence-electron chi connectivity index (χ2n) is 7.03. The molecule has 162 valence electrons. The van der Waals surface area contributed by atoms with Gasteiger partial charge in [0.05, 0.1) is 36.0 Å². The van der Waals surface area contributed by atoms with Crippen LogP contribution in [0.3, 0.4) is 0 Å². The zero-order valence-electron chi connectivity index (χ0n) is 17.6. The van der Waals surface area contributed by atoms with Crippen LogP contribution in [0.4, 0.5) is 0 Å². The molecule has 1 aliphatic heterocycles. The Bertz CT molecular complexity index is 765. The molecule has 1 aliphatic rings. The van der Waals surface area contributed by atoms with E-state index in [2.05, 4.69) is 58.8 Å². The van der Waals surface area contributed by atoms with E-state index in [-0.39, 0.29) is 30.1 Å². The molecule has 0 aromatic carbocycles. The highest BCUT2D eigenvalue weighted by atomic mass is 127. The molecule has 2 N–H and O–H groups in total. The Morgan fingerprint density at radius 1 is 1.41 bits per heavy atom. The highest BCUT2D eigenvalue weighted by molar-refractivity contribution is 14.0. The molecule has 0 bridgehead atoms. The number of hydrogen-bond donors (Lipinski definition) is 2.